The minimum Gasteiger partial charge on any atom is -0.398 e. The average Bonchev–Trinajstić information content (AvgIpc) is 3.03. The zero-order valence-corrected chi connectivity index (χ0v) is 8.34. The summed E-state index contributed by atoms with van der Waals surface area (Å²) < 4.78 is 0. The summed E-state index contributed by atoms with van der Waals surface area (Å²) in [5, 5.41) is 3.38. The van der Waals surface area contributed by atoms with Crippen molar-refractivity contribution in [2.24, 2.45) is 0 Å². The van der Waals surface area contributed by atoms with Crippen LogP contribution < -0.4 is 11.1 Å². The van der Waals surface area contributed by atoms with E-state index in [1.165, 1.54) is 36.8 Å². The lowest BCUT2D eigenvalue weighted by molar-refractivity contribution is 0.680. The second kappa shape index (κ2) is 2.99. The van der Waals surface area contributed by atoms with E-state index in [4.69, 9.17) is 5.73 Å². The molecule has 0 radical (unpaired) electrons. The lowest BCUT2D eigenvalue weighted by Crippen LogP contribution is -2.09. The van der Waals surface area contributed by atoms with Crippen molar-refractivity contribution >= 4 is 5.69 Å². The third-order valence-electron chi connectivity index (χ3n) is 3.39. The highest BCUT2D eigenvalue weighted by Gasteiger charge is 2.27. The molecule has 3 N–H and O–H groups in total. The second-order valence-electron chi connectivity index (χ2n) is 4.37. The summed E-state index contributed by atoms with van der Waals surface area (Å²) in [6.07, 6.45) is 5.05. The van der Waals surface area contributed by atoms with Crippen molar-refractivity contribution in [3.05, 3.63) is 28.8 Å². The normalized spacial score (nSPS) is 24.4. The van der Waals surface area contributed by atoms with Crippen LogP contribution in [0.15, 0.2) is 12.1 Å². The summed E-state index contributed by atoms with van der Waals surface area (Å²) in [5.41, 5.74) is 11.5. The highest BCUT2D eigenvalue weighted by molar-refractivity contribution is 5.56. The molecule has 0 spiro atoms. The van der Waals surface area contributed by atoms with Crippen LogP contribution in [-0.2, 0) is 12.8 Å². The predicted molar refractivity (Wildman–Crippen MR) is 58.2 cm³/mol. The van der Waals surface area contributed by atoms with Crippen molar-refractivity contribution in [2.45, 2.75) is 31.7 Å². The molecular weight excluding hydrogens is 172 g/mol. The molecule has 0 saturated carbocycles. The van der Waals surface area contributed by atoms with Crippen LogP contribution in [0.5, 0.6) is 0 Å². The molecule has 2 heteroatoms. The first kappa shape index (κ1) is 8.30. The van der Waals surface area contributed by atoms with E-state index in [1.807, 2.05) is 0 Å². The molecule has 0 aromatic heterocycles. The van der Waals surface area contributed by atoms with Gasteiger partial charge in [-0.05, 0) is 48.4 Å². The van der Waals surface area contributed by atoms with Crippen LogP contribution in [0.4, 0.5) is 5.69 Å². The van der Waals surface area contributed by atoms with Crippen molar-refractivity contribution in [3.63, 3.8) is 0 Å². The lowest BCUT2D eigenvalue weighted by Gasteiger charge is -2.20. The fourth-order valence-corrected chi connectivity index (χ4v) is 2.53. The minimum atomic E-state index is 0.627. The molecule has 1 unspecified atom stereocenters. The monoisotopic (exact) mass is 188 g/mol. The Morgan fingerprint density at radius 1 is 1.14 bits per heavy atom. The first-order chi connectivity index (χ1) is 6.86. The topological polar surface area (TPSA) is 48.0 Å². The van der Waals surface area contributed by atoms with Crippen LogP contribution in [0.3, 0.4) is 0 Å². The fourth-order valence-electron chi connectivity index (χ4n) is 2.53. The largest absolute Gasteiger partial charge is 0.398 e. The summed E-state index contributed by atoms with van der Waals surface area (Å²) in [4.78, 5) is 0. The molecule has 1 saturated heterocycles. The molecular formula is C12H16N2. The van der Waals surface area contributed by atoms with Gasteiger partial charge in [0.05, 0.1) is 0 Å². The van der Waals surface area contributed by atoms with Gasteiger partial charge in [-0.3, -0.25) is 0 Å². The van der Waals surface area contributed by atoms with Gasteiger partial charge in [0.2, 0.25) is 0 Å². The van der Waals surface area contributed by atoms with Gasteiger partial charge >= 0.3 is 0 Å². The molecule has 1 aromatic carbocycles. The van der Waals surface area contributed by atoms with E-state index < -0.39 is 0 Å². The fraction of sp³-hybridized carbons (Fsp3) is 0.500. The summed E-state index contributed by atoms with van der Waals surface area (Å²) >= 11 is 0. The molecule has 2 nitrogen and oxygen atoms in total. The SMILES string of the molecule is Nc1ccc(C2CN2)c2c1CCCC2. The van der Waals surface area contributed by atoms with E-state index in [0.29, 0.717) is 6.04 Å². The highest BCUT2D eigenvalue weighted by atomic mass is 15.1. The number of nitrogens with two attached hydrogens (primary N) is 1. The summed E-state index contributed by atoms with van der Waals surface area (Å²) in [6.45, 7) is 1.15. The van der Waals surface area contributed by atoms with Crippen molar-refractivity contribution in [2.75, 3.05) is 12.3 Å². The number of fused-ring (bicyclic) bond motifs is 1. The van der Waals surface area contributed by atoms with Crippen LogP contribution in [0, 0.1) is 0 Å². The van der Waals surface area contributed by atoms with Crippen LogP contribution in [0.2, 0.25) is 0 Å². The Morgan fingerprint density at radius 2 is 1.86 bits per heavy atom. The number of hydrogen-bond acceptors (Lipinski definition) is 2. The molecule has 1 aliphatic carbocycles. The van der Waals surface area contributed by atoms with Crippen LogP contribution in [0.1, 0.15) is 35.6 Å². The summed E-state index contributed by atoms with van der Waals surface area (Å²) in [6, 6.07) is 4.92. The molecule has 2 aliphatic rings. The van der Waals surface area contributed by atoms with Crippen LogP contribution >= 0.6 is 0 Å². The molecule has 1 aliphatic heterocycles. The minimum absolute atomic E-state index is 0.627. The maximum absolute atomic E-state index is 6.01. The number of anilines is 1. The Hall–Kier alpha value is -1.02. The van der Waals surface area contributed by atoms with Crippen LogP contribution in [0.25, 0.3) is 0 Å². The van der Waals surface area contributed by atoms with E-state index in [2.05, 4.69) is 17.4 Å². The second-order valence-corrected chi connectivity index (χ2v) is 4.37. The Balaban J connectivity index is 2.12. The molecule has 74 valence electrons. The van der Waals surface area contributed by atoms with E-state index in [-0.39, 0.29) is 0 Å². The molecule has 14 heavy (non-hydrogen) atoms. The van der Waals surface area contributed by atoms with Gasteiger partial charge in [0, 0.05) is 18.3 Å². The van der Waals surface area contributed by atoms with Gasteiger partial charge in [0.1, 0.15) is 0 Å². The Kier molecular flexibility index (Phi) is 1.77. The Morgan fingerprint density at radius 3 is 2.57 bits per heavy atom. The maximum atomic E-state index is 6.01. The zero-order chi connectivity index (χ0) is 9.54. The van der Waals surface area contributed by atoms with Gasteiger partial charge in [-0.25, -0.2) is 0 Å². The summed E-state index contributed by atoms with van der Waals surface area (Å²) in [7, 11) is 0. The van der Waals surface area contributed by atoms with Crippen molar-refractivity contribution in [1.82, 2.24) is 5.32 Å². The maximum Gasteiger partial charge on any atom is 0.0450 e. The Labute approximate surface area is 84.5 Å². The smallest absolute Gasteiger partial charge is 0.0450 e. The van der Waals surface area contributed by atoms with Crippen LogP contribution in [-0.4, -0.2) is 6.54 Å². The molecule has 1 fully saturated rings. The standard InChI is InChI=1S/C12H16N2/c13-11-6-5-10(12-7-14-12)8-3-1-2-4-9(8)11/h5-6,12,14H,1-4,7,13H2. The summed E-state index contributed by atoms with van der Waals surface area (Å²) in [5.74, 6) is 0. The van der Waals surface area contributed by atoms with Gasteiger partial charge in [-0.15, -0.1) is 0 Å². The molecule has 1 atom stereocenters. The zero-order valence-electron chi connectivity index (χ0n) is 8.34. The van der Waals surface area contributed by atoms with E-state index >= 15 is 0 Å². The van der Waals surface area contributed by atoms with E-state index in [9.17, 15) is 0 Å². The number of nitrogens with one attached hydrogen (secondary N) is 1. The highest BCUT2D eigenvalue weighted by Crippen LogP contribution is 2.34. The predicted octanol–water partition coefficient (Wildman–Crippen LogP) is 1.79. The quantitative estimate of drug-likeness (QED) is 0.521. The first-order valence-electron chi connectivity index (χ1n) is 5.50. The average molecular weight is 188 g/mol. The first-order valence-corrected chi connectivity index (χ1v) is 5.50. The molecule has 1 aromatic rings. The van der Waals surface area contributed by atoms with Gasteiger partial charge in [-0.2, -0.15) is 0 Å². The molecule has 0 bridgehead atoms. The molecule has 1 heterocycles. The van der Waals surface area contributed by atoms with Crippen molar-refractivity contribution < 1.29 is 0 Å². The van der Waals surface area contributed by atoms with Crippen molar-refractivity contribution in [3.8, 4) is 0 Å². The van der Waals surface area contributed by atoms with Gasteiger partial charge in [0.25, 0.3) is 0 Å². The Bertz CT molecular complexity index is 367. The molecule has 0 amide bonds. The number of nitrogen functional groups attached to an aromatic ring is 1. The van der Waals surface area contributed by atoms with Gasteiger partial charge in [0.15, 0.2) is 0 Å². The third kappa shape index (κ3) is 1.22. The molecule has 3 rings (SSSR count). The number of rotatable bonds is 1. The van der Waals surface area contributed by atoms with Gasteiger partial charge < -0.3 is 11.1 Å². The number of hydrogen-bond donors (Lipinski definition) is 2. The van der Waals surface area contributed by atoms with E-state index in [0.717, 1.165) is 12.2 Å². The van der Waals surface area contributed by atoms with Gasteiger partial charge in [-0.1, -0.05) is 6.07 Å². The third-order valence-corrected chi connectivity index (χ3v) is 3.39. The number of benzene rings is 1. The van der Waals surface area contributed by atoms with E-state index in [1.54, 1.807) is 5.56 Å². The lowest BCUT2D eigenvalue weighted by atomic mass is 9.86. The van der Waals surface area contributed by atoms with Crippen molar-refractivity contribution in [1.29, 1.82) is 0 Å².